The Labute approximate surface area is 129 Å². The van der Waals surface area contributed by atoms with Crippen LogP contribution in [0.5, 0.6) is 0 Å². The Morgan fingerprint density at radius 3 is 2.86 bits per heavy atom. The van der Waals surface area contributed by atoms with Crippen molar-refractivity contribution in [3.05, 3.63) is 36.2 Å². The number of aromatic nitrogens is 3. The number of nitrogens with two attached hydrogens (primary N) is 1. The van der Waals surface area contributed by atoms with Gasteiger partial charge in [0.2, 0.25) is 0 Å². The quantitative estimate of drug-likeness (QED) is 0.899. The van der Waals surface area contributed by atoms with E-state index in [2.05, 4.69) is 15.2 Å². The molecule has 1 fully saturated rings. The summed E-state index contributed by atoms with van der Waals surface area (Å²) in [6, 6.07) is 7.50. The monoisotopic (exact) mass is 299 g/mol. The van der Waals surface area contributed by atoms with Gasteiger partial charge in [-0.15, -0.1) is 0 Å². The summed E-state index contributed by atoms with van der Waals surface area (Å²) in [5.41, 5.74) is 7.28. The molecule has 3 rings (SSSR count). The molecule has 1 aromatic heterocycles. The molecule has 0 bridgehead atoms. The highest BCUT2D eigenvalue weighted by atomic mass is 16.2. The van der Waals surface area contributed by atoms with Gasteiger partial charge in [0.1, 0.15) is 6.33 Å². The zero-order valence-electron chi connectivity index (χ0n) is 12.5. The van der Waals surface area contributed by atoms with Gasteiger partial charge in [-0.2, -0.15) is 5.10 Å². The van der Waals surface area contributed by atoms with Crippen LogP contribution in [0.3, 0.4) is 0 Å². The Bertz CT molecular complexity index is 606. The van der Waals surface area contributed by atoms with Crippen LogP contribution in [0.15, 0.2) is 30.6 Å². The number of piperidine rings is 1. The Balaban J connectivity index is 1.69. The van der Waals surface area contributed by atoms with Crippen LogP contribution in [0, 0.1) is 5.92 Å². The van der Waals surface area contributed by atoms with Gasteiger partial charge in [-0.3, -0.25) is 9.89 Å². The van der Waals surface area contributed by atoms with Gasteiger partial charge in [0.15, 0.2) is 5.82 Å². The number of likely N-dealkylation sites (tertiary alicyclic amines) is 1. The third-order valence-electron chi connectivity index (χ3n) is 4.20. The molecule has 0 unspecified atom stereocenters. The number of hydrogen-bond donors (Lipinski definition) is 2. The second kappa shape index (κ2) is 6.70. The summed E-state index contributed by atoms with van der Waals surface area (Å²) >= 11 is 0. The molecule has 6 heteroatoms. The molecule has 116 valence electrons. The Hall–Kier alpha value is -2.21. The molecule has 0 saturated carbocycles. The third kappa shape index (κ3) is 3.17. The van der Waals surface area contributed by atoms with Crippen LogP contribution in [-0.2, 0) is 0 Å². The van der Waals surface area contributed by atoms with Gasteiger partial charge in [-0.25, -0.2) is 4.98 Å². The van der Waals surface area contributed by atoms with E-state index in [1.54, 1.807) is 0 Å². The zero-order chi connectivity index (χ0) is 15.4. The highest BCUT2D eigenvalue weighted by molar-refractivity contribution is 5.94. The third-order valence-corrected chi connectivity index (χ3v) is 4.20. The maximum absolute atomic E-state index is 12.6. The van der Waals surface area contributed by atoms with Crippen molar-refractivity contribution in [1.29, 1.82) is 0 Å². The van der Waals surface area contributed by atoms with Gasteiger partial charge in [-0.05, 0) is 43.9 Å². The number of H-pyrrole nitrogens is 1. The van der Waals surface area contributed by atoms with Gasteiger partial charge < -0.3 is 10.6 Å². The van der Waals surface area contributed by atoms with Crippen LogP contribution in [-0.4, -0.2) is 45.6 Å². The summed E-state index contributed by atoms with van der Waals surface area (Å²) in [4.78, 5) is 18.7. The maximum Gasteiger partial charge on any atom is 0.253 e. The normalized spacial score (nSPS) is 18.4. The molecule has 1 aromatic carbocycles. The topological polar surface area (TPSA) is 87.9 Å². The molecule has 1 amide bonds. The van der Waals surface area contributed by atoms with Crippen LogP contribution < -0.4 is 5.73 Å². The summed E-state index contributed by atoms with van der Waals surface area (Å²) < 4.78 is 0. The highest BCUT2D eigenvalue weighted by Crippen LogP contribution is 2.22. The second-order valence-corrected chi connectivity index (χ2v) is 5.75. The maximum atomic E-state index is 12.6. The highest BCUT2D eigenvalue weighted by Gasteiger charge is 2.23. The number of benzene rings is 1. The minimum absolute atomic E-state index is 0.103. The lowest BCUT2D eigenvalue weighted by Gasteiger charge is -2.32. The molecule has 1 saturated heterocycles. The van der Waals surface area contributed by atoms with E-state index in [9.17, 15) is 4.79 Å². The fourth-order valence-corrected chi connectivity index (χ4v) is 3.02. The first kappa shape index (κ1) is 14.7. The minimum Gasteiger partial charge on any atom is -0.338 e. The van der Waals surface area contributed by atoms with Crippen LogP contribution in [0.1, 0.15) is 29.6 Å². The van der Waals surface area contributed by atoms with E-state index in [-0.39, 0.29) is 5.91 Å². The minimum atomic E-state index is 0.103. The van der Waals surface area contributed by atoms with Crippen molar-refractivity contribution in [1.82, 2.24) is 20.1 Å². The molecule has 22 heavy (non-hydrogen) atoms. The first-order valence-corrected chi connectivity index (χ1v) is 7.73. The second-order valence-electron chi connectivity index (χ2n) is 5.75. The van der Waals surface area contributed by atoms with E-state index in [0.717, 1.165) is 37.1 Å². The van der Waals surface area contributed by atoms with Crippen molar-refractivity contribution in [3.8, 4) is 11.4 Å². The Morgan fingerprint density at radius 1 is 1.36 bits per heavy atom. The van der Waals surface area contributed by atoms with E-state index in [1.807, 2.05) is 29.2 Å². The SMILES string of the molecule is NCC[C@H]1CCCN(C(=O)c2ccc(-c3ncn[nH]3)cc2)C1. The van der Waals surface area contributed by atoms with E-state index < -0.39 is 0 Å². The zero-order valence-corrected chi connectivity index (χ0v) is 12.5. The average Bonchev–Trinajstić information content (AvgIpc) is 3.09. The van der Waals surface area contributed by atoms with Crippen molar-refractivity contribution in [2.24, 2.45) is 11.7 Å². The number of aromatic amines is 1. The van der Waals surface area contributed by atoms with Gasteiger partial charge in [0.25, 0.3) is 5.91 Å². The molecule has 0 spiro atoms. The molecule has 1 aliphatic rings. The molecule has 0 radical (unpaired) electrons. The van der Waals surface area contributed by atoms with Gasteiger partial charge in [0.05, 0.1) is 0 Å². The van der Waals surface area contributed by atoms with E-state index in [1.165, 1.54) is 12.7 Å². The fourth-order valence-electron chi connectivity index (χ4n) is 3.02. The molecule has 3 N–H and O–H groups in total. The average molecular weight is 299 g/mol. The van der Waals surface area contributed by atoms with Gasteiger partial charge in [-0.1, -0.05) is 12.1 Å². The Kier molecular flexibility index (Phi) is 4.48. The summed E-state index contributed by atoms with van der Waals surface area (Å²) in [7, 11) is 0. The summed E-state index contributed by atoms with van der Waals surface area (Å²) in [6.45, 7) is 2.35. The van der Waals surface area contributed by atoms with Crippen molar-refractivity contribution in [3.63, 3.8) is 0 Å². The molecule has 2 heterocycles. The summed E-state index contributed by atoms with van der Waals surface area (Å²) in [5.74, 6) is 1.35. The molecule has 1 atom stereocenters. The van der Waals surface area contributed by atoms with Gasteiger partial charge in [0, 0.05) is 24.2 Å². The molecule has 6 nitrogen and oxygen atoms in total. The van der Waals surface area contributed by atoms with E-state index in [4.69, 9.17) is 5.73 Å². The number of nitrogens with one attached hydrogen (secondary N) is 1. The number of amides is 1. The number of carbonyl (C=O) groups excluding carboxylic acids is 1. The smallest absolute Gasteiger partial charge is 0.253 e. The first-order valence-electron chi connectivity index (χ1n) is 7.73. The largest absolute Gasteiger partial charge is 0.338 e. The first-order chi connectivity index (χ1) is 10.8. The van der Waals surface area contributed by atoms with Crippen molar-refractivity contribution in [2.75, 3.05) is 19.6 Å². The molecule has 2 aromatic rings. The number of rotatable bonds is 4. The summed E-state index contributed by atoms with van der Waals surface area (Å²) in [6.07, 6.45) is 4.70. The number of hydrogen-bond acceptors (Lipinski definition) is 4. The predicted octanol–water partition coefficient (Wildman–Crippen LogP) is 1.67. The van der Waals surface area contributed by atoms with Crippen molar-refractivity contribution >= 4 is 5.91 Å². The standard InChI is InChI=1S/C16H21N5O/c17-8-7-12-2-1-9-21(10-12)16(22)14-5-3-13(4-6-14)15-18-11-19-20-15/h3-6,11-12H,1-2,7-10,17H2,(H,18,19,20)/t12-/m1/s1. The predicted molar refractivity (Wildman–Crippen MR) is 84.1 cm³/mol. The lowest BCUT2D eigenvalue weighted by Crippen LogP contribution is -2.40. The van der Waals surface area contributed by atoms with Crippen molar-refractivity contribution < 1.29 is 4.79 Å². The van der Waals surface area contributed by atoms with E-state index in [0.29, 0.717) is 18.3 Å². The summed E-state index contributed by atoms with van der Waals surface area (Å²) in [5, 5.41) is 6.65. The molecule has 0 aliphatic carbocycles. The van der Waals surface area contributed by atoms with Crippen LogP contribution in [0.2, 0.25) is 0 Å². The lowest BCUT2D eigenvalue weighted by atomic mass is 9.94. The number of nitrogens with zero attached hydrogens (tertiary/aromatic N) is 3. The number of carbonyl (C=O) groups is 1. The van der Waals surface area contributed by atoms with Crippen molar-refractivity contribution in [2.45, 2.75) is 19.3 Å². The molecule has 1 aliphatic heterocycles. The molecular formula is C16H21N5O. The Morgan fingerprint density at radius 2 is 2.18 bits per heavy atom. The van der Waals surface area contributed by atoms with Gasteiger partial charge >= 0.3 is 0 Å². The van der Waals surface area contributed by atoms with E-state index >= 15 is 0 Å². The fraction of sp³-hybridized carbons (Fsp3) is 0.438. The lowest BCUT2D eigenvalue weighted by molar-refractivity contribution is 0.0669. The van der Waals surface area contributed by atoms with Crippen LogP contribution in [0.25, 0.3) is 11.4 Å². The molecular weight excluding hydrogens is 278 g/mol. The van der Waals surface area contributed by atoms with Crippen LogP contribution in [0.4, 0.5) is 0 Å². The van der Waals surface area contributed by atoms with Crippen LogP contribution >= 0.6 is 0 Å².